The largest absolute Gasteiger partial charge is 0.202 e. The van der Waals surface area contributed by atoms with Crippen LogP contribution in [0.4, 0.5) is 0 Å². The molecule has 0 N–H and O–H groups in total. The van der Waals surface area contributed by atoms with Crippen LogP contribution in [-0.4, -0.2) is 11.5 Å². The summed E-state index contributed by atoms with van der Waals surface area (Å²) < 4.78 is 2.31. The monoisotopic (exact) mass is 228 g/mol. The number of rotatable bonds is 6. The summed E-state index contributed by atoms with van der Waals surface area (Å²) in [6.07, 6.45) is 3.43. The van der Waals surface area contributed by atoms with E-state index in [4.69, 9.17) is 0 Å². The molecule has 0 amide bonds. The van der Waals surface area contributed by atoms with Gasteiger partial charge in [0.2, 0.25) is 0 Å². The van der Waals surface area contributed by atoms with Crippen molar-refractivity contribution in [3.8, 4) is 0 Å². The first-order valence-electron chi connectivity index (χ1n) is 5.04. The summed E-state index contributed by atoms with van der Waals surface area (Å²) in [5.74, 6) is 2.46. The van der Waals surface area contributed by atoms with Crippen LogP contribution in [0.15, 0.2) is 24.4 Å². The molecule has 1 aromatic heterocycles. The molecule has 0 bridgehead atoms. The molecule has 0 radical (unpaired) electrons. The molecule has 3 heteroatoms. The summed E-state index contributed by atoms with van der Waals surface area (Å²) in [4.78, 5) is 0. The third kappa shape index (κ3) is 4.38. The number of aryl methyl sites for hydroxylation is 2. The van der Waals surface area contributed by atoms with E-state index in [1.807, 2.05) is 21.6 Å². The van der Waals surface area contributed by atoms with E-state index in [0.29, 0.717) is 0 Å². The van der Waals surface area contributed by atoms with E-state index in [1.165, 1.54) is 23.6 Å². The van der Waals surface area contributed by atoms with Crippen molar-refractivity contribution < 1.29 is 4.57 Å². The fourth-order valence-electron chi connectivity index (χ4n) is 1.15. The Morgan fingerprint density at radius 2 is 2.00 bits per heavy atom. The first-order chi connectivity index (χ1) is 6.84. The molecular weight excluding hydrogens is 210 g/mol. The van der Waals surface area contributed by atoms with Crippen LogP contribution in [0.5, 0.6) is 0 Å². The third-order valence-corrected chi connectivity index (χ3v) is 4.54. The van der Waals surface area contributed by atoms with Gasteiger partial charge in [-0.3, -0.25) is 0 Å². The van der Waals surface area contributed by atoms with E-state index in [2.05, 4.69) is 42.8 Å². The zero-order valence-electron chi connectivity index (χ0n) is 8.90. The molecule has 1 nitrogen and oxygen atoms in total. The predicted octanol–water partition coefficient (Wildman–Crippen LogP) is 3.07. The van der Waals surface area contributed by atoms with Crippen molar-refractivity contribution in [2.24, 2.45) is 0 Å². The highest BCUT2D eigenvalue weighted by Crippen LogP contribution is 2.20. The van der Waals surface area contributed by atoms with E-state index in [-0.39, 0.29) is 0 Å². The Hall–Kier alpha value is -0.150. The Bertz CT molecular complexity index is 263. The lowest BCUT2D eigenvalue weighted by atomic mass is 10.3. The standard InChI is InChI=1S/C11H18NS2/c1-3-9-13-14-10-8-12-7-5-4-6-11(12)2/h4-7H,3,8-10H2,1-2H3/q+1. The Kier molecular flexibility index (Phi) is 6.12. The molecule has 0 atom stereocenters. The summed E-state index contributed by atoms with van der Waals surface area (Å²) >= 11 is 0. The van der Waals surface area contributed by atoms with Crippen molar-refractivity contribution in [3.05, 3.63) is 30.1 Å². The number of nitrogens with zero attached hydrogens (tertiary/aromatic N) is 1. The van der Waals surface area contributed by atoms with Crippen LogP contribution in [0.25, 0.3) is 0 Å². The van der Waals surface area contributed by atoms with Gasteiger partial charge in [0.15, 0.2) is 18.4 Å². The lowest BCUT2D eigenvalue weighted by molar-refractivity contribution is -0.698. The van der Waals surface area contributed by atoms with Crippen molar-refractivity contribution in [2.45, 2.75) is 26.8 Å². The second-order valence-corrected chi connectivity index (χ2v) is 5.88. The van der Waals surface area contributed by atoms with Crippen LogP contribution in [0, 0.1) is 6.92 Å². The maximum Gasteiger partial charge on any atom is 0.178 e. The number of hydrogen-bond acceptors (Lipinski definition) is 2. The van der Waals surface area contributed by atoms with Gasteiger partial charge in [0.25, 0.3) is 0 Å². The molecule has 78 valence electrons. The fourth-order valence-corrected chi connectivity index (χ4v) is 3.25. The highest BCUT2D eigenvalue weighted by Gasteiger charge is 2.03. The second kappa shape index (κ2) is 7.18. The number of aromatic nitrogens is 1. The van der Waals surface area contributed by atoms with Crippen molar-refractivity contribution >= 4 is 21.6 Å². The molecule has 0 saturated carbocycles. The van der Waals surface area contributed by atoms with Crippen LogP contribution in [0.3, 0.4) is 0 Å². The van der Waals surface area contributed by atoms with Gasteiger partial charge in [-0.05, 0) is 6.42 Å². The van der Waals surface area contributed by atoms with Crippen molar-refractivity contribution in [2.75, 3.05) is 11.5 Å². The first kappa shape index (κ1) is 11.9. The predicted molar refractivity (Wildman–Crippen MR) is 66.6 cm³/mol. The molecule has 0 saturated heterocycles. The zero-order valence-corrected chi connectivity index (χ0v) is 10.5. The summed E-state index contributed by atoms with van der Waals surface area (Å²) in [6, 6.07) is 6.34. The number of hydrogen-bond donors (Lipinski definition) is 0. The summed E-state index contributed by atoms with van der Waals surface area (Å²) in [7, 11) is 3.96. The fraction of sp³-hybridized carbons (Fsp3) is 0.545. The minimum atomic E-state index is 1.12. The SMILES string of the molecule is CCCSSCC[n+]1ccccc1C. The normalized spacial score (nSPS) is 10.4. The molecule has 1 aromatic rings. The van der Waals surface area contributed by atoms with Crippen LogP contribution in [-0.2, 0) is 6.54 Å². The molecule has 0 aliphatic heterocycles. The van der Waals surface area contributed by atoms with Gasteiger partial charge in [-0.2, -0.15) is 0 Å². The Morgan fingerprint density at radius 1 is 1.21 bits per heavy atom. The van der Waals surface area contributed by atoms with Crippen molar-refractivity contribution in [1.29, 1.82) is 0 Å². The third-order valence-electron chi connectivity index (χ3n) is 1.95. The molecule has 0 aromatic carbocycles. The van der Waals surface area contributed by atoms with E-state index in [1.54, 1.807) is 0 Å². The Balaban J connectivity index is 2.21. The lowest BCUT2D eigenvalue weighted by Gasteiger charge is -1.99. The topological polar surface area (TPSA) is 3.88 Å². The van der Waals surface area contributed by atoms with Gasteiger partial charge >= 0.3 is 0 Å². The molecule has 0 aliphatic rings. The average Bonchev–Trinajstić information content (AvgIpc) is 2.20. The van der Waals surface area contributed by atoms with Gasteiger partial charge < -0.3 is 0 Å². The smallest absolute Gasteiger partial charge is 0.178 e. The van der Waals surface area contributed by atoms with E-state index < -0.39 is 0 Å². The van der Waals surface area contributed by atoms with E-state index >= 15 is 0 Å². The highest BCUT2D eigenvalue weighted by molar-refractivity contribution is 8.76. The van der Waals surface area contributed by atoms with E-state index in [9.17, 15) is 0 Å². The molecule has 1 heterocycles. The van der Waals surface area contributed by atoms with Crippen LogP contribution in [0.2, 0.25) is 0 Å². The summed E-state index contributed by atoms with van der Waals surface area (Å²) in [5, 5.41) is 0. The van der Waals surface area contributed by atoms with E-state index in [0.717, 1.165) is 6.54 Å². The van der Waals surface area contributed by atoms with Crippen LogP contribution >= 0.6 is 21.6 Å². The van der Waals surface area contributed by atoms with Gasteiger partial charge in [-0.15, -0.1) is 0 Å². The molecule has 0 unspecified atom stereocenters. The van der Waals surface area contributed by atoms with Crippen molar-refractivity contribution in [1.82, 2.24) is 0 Å². The Morgan fingerprint density at radius 3 is 2.71 bits per heavy atom. The van der Waals surface area contributed by atoms with Crippen LogP contribution < -0.4 is 4.57 Å². The van der Waals surface area contributed by atoms with Gasteiger partial charge in [-0.25, -0.2) is 4.57 Å². The molecular formula is C11H18NS2+. The first-order valence-corrected chi connectivity index (χ1v) is 7.53. The van der Waals surface area contributed by atoms with Gasteiger partial charge in [0, 0.05) is 24.8 Å². The zero-order chi connectivity index (χ0) is 10.2. The average molecular weight is 228 g/mol. The van der Waals surface area contributed by atoms with Crippen LogP contribution in [0.1, 0.15) is 19.0 Å². The lowest BCUT2D eigenvalue weighted by Crippen LogP contribution is -2.37. The minimum absolute atomic E-state index is 1.12. The maximum absolute atomic E-state index is 2.31. The van der Waals surface area contributed by atoms with Gasteiger partial charge in [-0.1, -0.05) is 34.6 Å². The molecule has 1 rings (SSSR count). The summed E-state index contributed by atoms with van der Waals surface area (Å²) in [5.41, 5.74) is 1.34. The molecule has 0 aliphatic carbocycles. The number of pyridine rings is 1. The summed E-state index contributed by atoms with van der Waals surface area (Å²) in [6.45, 7) is 5.50. The van der Waals surface area contributed by atoms with Crippen molar-refractivity contribution in [3.63, 3.8) is 0 Å². The highest BCUT2D eigenvalue weighted by atomic mass is 33.1. The quantitative estimate of drug-likeness (QED) is 0.418. The van der Waals surface area contributed by atoms with Gasteiger partial charge in [0.05, 0.1) is 5.75 Å². The molecule has 0 spiro atoms. The Labute approximate surface area is 94.7 Å². The molecule has 14 heavy (non-hydrogen) atoms. The molecule has 0 fully saturated rings. The maximum atomic E-state index is 2.31. The minimum Gasteiger partial charge on any atom is -0.202 e. The van der Waals surface area contributed by atoms with Gasteiger partial charge in [0.1, 0.15) is 0 Å². The second-order valence-electron chi connectivity index (χ2n) is 3.18.